The monoisotopic (exact) mass is 255 g/mol. The average molecular weight is 256 g/mol. The second-order valence-electron chi connectivity index (χ2n) is 4.91. The number of rotatable bonds is 4. The third-order valence-electron chi connectivity index (χ3n) is 3.77. The second-order valence-corrected chi connectivity index (χ2v) is 5.32. The van der Waals surface area contributed by atoms with Crippen molar-refractivity contribution in [1.82, 2.24) is 5.32 Å². The standard InChI is InChI=1S/C14H19ClFN/c1-10(11-5-2-3-6-11)17-9-12-13(15)7-4-8-14(12)16/h4,7-8,10-11,17H,2-3,5-6,9H2,1H3/t10-/m0/s1. The van der Waals surface area contributed by atoms with Crippen molar-refractivity contribution in [2.45, 2.75) is 45.2 Å². The molecule has 3 heteroatoms. The first-order chi connectivity index (χ1) is 8.18. The first kappa shape index (κ1) is 12.8. The molecular weight excluding hydrogens is 237 g/mol. The van der Waals surface area contributed by atoms with Gasteiger partial charge >= 0.3 is 0 Å². The molecule has 1 aliphatic rings. The summed E-state index contributed by atoms with van der Waals surface area (Å²) in [6.07, 6.45) is 5.24. The maximum atomic E-state index is 13.6. The van der Waals surface area contributed by atoms with Crippen molar-refractivity contribution in [1.29, 1.82) is 0 Å². The van der Waals surface area contributed by atoms with E-state index in [1.165, 1.54) is 31.7 Å². The highest BCUT2D eigenvalue weighted by Gasteiger charge is 2.21. The molecule has 1 saturated carbocycles. The lowest BCUT2D eigenvalue weighted by atomic mass is 9.99. The quantitative estimate of drug-likeness (QED) is 0.852. The summed E-state index contributed by atoms with van der Waals surface area (Å²) in [6.45, 7) is 2.70. The Morgan fingerprint density at radius 2 is 2.12 bits per heavy atom. The van der Waals surface area contributed by atoms with Gasteiger partial charge in [0.1, 0.15) is 5.82 Å². The molecule has 0 bridgehead atoms. The highest BCUT2D eigenvalue weighted by Crippen LogP contribution is 2.28. The van der Waals surface area contributed by atoms with E-state index in [-0.39, 0.29) is 5.82 Å². The number of hydrogen-bond acceptors (Lipinski definition) is 1. The minimum Gasteiger partial charge on any atom is -0.310 e. The Balaban J connectivity index is 1.92. The van der Waals surface area contributed by atoms with Gasteiger partial charge in [0.2, 0.25) is 0 Å². The minimum atomic E-state index is -0.219. The van der Waals surface area contributed by atoms with E-state index in [1.54, 1.807) is 12.1 Å². The lowest BCUT2D eigenvalue weighted by Crippen LogP contribution is -2.32. The fraction of sp³-hybridized carbons (Fsp3) is 0.571. The van der Waals surface area contributed by atoms with E-state index in [2.05, 4.69) is 12.2 Å². The number of nitrogens with one attached hydrogen (secondary N) is 1. The van der Waals surface area contributed by atoms with Gasteiger partial charge in [-0.15, -0.1) is 0 Å². The van der Waals surface area contributed by atoms with Crippen molar-refractivity contribution in [2.24, 2.45) is 5.92 Å². The molecule has 0 spiro atoms. The van der Waals surface area contributed by atoms with Crippen LogP contribution in [0, 0.1) is 11.7 Å². The molecule has 1 N–H and O–H groups in total. The maximum Gasteiger partial charge on any atom is 0.129 e. The molecule has 0 radical (unpaired) electrons. The van der Waals surface area contributed by atoms with Crippen molar-refractivity contribution in [3.05, 3.63) is 34.6 Å². The molecule has 0 heterocycles. The minimum absolute atomic E-state index is 0.219. The highest BCUT2D eigenvalue weighted by molar-refractivity contribution is 6.31. The van der Waals surface area contributed by atoms with Crippen LogP contribution in [0.3, 0.4) is 0 Å². The van der Waals surface area contributed by atoms with E-state index in [1.807, 2.05) is 0 Å². The molecule has 1 aromatic carbocycles. The molecule has 1 nitrogen and oxygen atoms in total. The summed E-state index contributed by atoms with van der Waals surface area (Å²) in [5.74, 6) is 0.518. The van der Waals surface area contributed by atoms with Crippen LogP contribution >= 0.6 is 11.6 Å². The summed E-state index contributed by atoms with van der Waals surface area (Å²) in [6, 6.07) is 5.28. The Hall–Kier alpha value is -0.600. The van der Waals surface area contributed by atoms with Gasteiger partial charge in [0, 0.05) is 23.2 Å². The Morgan fingerprint density at radius 1 is 1.41 bits per heavy atom. The Labute approximate surface area is 107 Å². The van der Waals surface area contributed by atoms with Gasteiger partial charge in [0.15, 0.2) is 0 Å². The van der Waals surface area contributed by atoms with Crippen LogP contribution in [0.5, 0.6) is 0 Å². The predicted octanol–water partition coefficient (Wildman–Crippen LogP) is 4.15. The zero-order valence-corrected chi connectivity index (χ0v) is 10.9. The van der Waals surface area contributed by atoms with Crippen LogP contribution in [-0.4, -0.2) is 6.04 Å². The van der Waals surface area contributed by atoms with Crippen molar-refractivity contribution in [3.8, 4) is 0 Å². The molecule has 0 unspecified atom stereocenters. The molecule has 0 aromatic heterocycles. The third kappa shape index (κ3) is 3.20. The smallest absolute Gasteiger partial charge is 0.129 e. The Kier molecular flexibility index (Phi) is 4.41. The topological polar surface area (TPSA) is 12.0 Å². The van der Waals surface area contributed by atoms with Crippen LogP contribution in [0.2, 0.25) is 5.02 Å². The van der Waals surface area contributed by atoms with Gasteiger partial charge in [0.05, 0.1) is 0 Å². The summed E-state index contributed by atoms with van der Waals surface area (Å²) in [7, 11) is 0. The first-order valence-corrected chi connectivity index (χ1v) is 6.72. The molecule has 17 heavy (non-hydrogen) atoms. The lowest BCUT2D eigenvalue weighted by Gasteiger charge is -2.20. The van der Waals surface area contributed by atoms with E-state index in [0.717, 1.165) is 5.92 Å². The fourth-order valence-corrected chi connectivity index (χ4v) is 2.82. The summed E-state index contributed by atoms with van der Waals surface area (Å²) in [5, 5.41) is 3.91. The van der Waals surface area contributed by atoms with Gasteiger partial charge in [-0.2, -0.15) is 0 Å². The zero-order chi connectivity index (χ0) is 12.3. The largest absolute Gasteiger partial charge is 0.310 e. The lowest BCUT2D eigenvalue weighted by molar-refractivity contribution is 0.378. The average Bonchev–Trinajstić information content (AvgIpc) is 2.81. The SMILES string of the molecule is C[C@H](NCc1c(F)cccc1Cl)C1CCCC1. The summed E-state index contributed by atoms with van der Waals surface area (Å²) in [5.41, 5.74) is 0.582. The predicted molar refractivity (Wildman–Crippen MR) is 69.7 cm³/mol. The van der Waals surface area contributed by atoms with Crippen molar-refractivity contribution in [2.75, 3.05) is 0 Å². The van der Waals surface area contributed by atoms with Gasteiger partial charge in [-0.25, -0.2) is 4.39 Å². The van der Waals surface area contributed by atoms with Crippen LogP contribution < -0.4 is 5.32 Å². The normalized spacial score (nSPS) is 18.5. The number of hydrogen-bond donors (Lipinski definition) is 1. The van der Waals surface area contributed by atoms with Crippen molar-refractivity contribution >= 4 is 11.6 Å². The molecule has 1 atom stereocenters. The van der Waals surface area contributed by atoms with Gasteiger partial charge in [-0.1, -0.05) is 30.5 Å². The molecule has 1 fully saturated rings. The van der Waals surface area contributed by atoms with Crippen molar-refractivity contribution < 1.29 is 4.39 Å². The second kappa shape index (κ2) is 5.83. The van der Waals surface area contributed by atoms with Crippen LogP contribution in [0.1, 0.15) is 38.2 Å². The van der Waals surface area contributed by atoms with E-state index < -0.39 is 0 Å². The third-order valence-corrected chi connectivity index (χ3v) is 4.12. The molecule has 1 aliphatic carbocycles. The summed E-state index contributed by atoms with van der Waals surface area (Å²) in [4.78, 5) is 0. The van der Waals surface area contributed by atoms with E-state index in [9.17, 15) is 4.39 Å². The maximum absolute atomic E-state index is 13.6. The molecule has 1 aromatic rings. The van der Waals surface area contributed by atoms with Crippen LogP contribution in [0.15, 0.2) is 18.2 Å². The molecular formula is C14H19ClFN. The molecule has 94 valence electrons. The van der Waals surface area contributed by atoms with E-state index >= 15 is 0 Å². The number of benzene rings is 1. The molecule has 2 rings (SSSR count). The highest BCUT2D eigenvalue weighted by atomic mass is 35.5. The Bertz CT molecular complexity index is 354. The van der Waals surface area contributed by atoms with Crippen LogP contribution in [0.4, 0.5) is 4.39 Å². The fourth-order valence-electron chi connectivity index (χ4n) is 2.59. The number of halogens is 2. The van der Waals surface area contributed by atoms with Crippen molar-refractivity contribution in [3.63, 3.8) is 0 Å². The molecule has 0 amide bonds. The van der Waals surface area contributed by atoms with Gasteiger partial charge < -0.3 is 5.32 Å². The van der Waals surface area contributed by atoms with E-state index in [4.69, 9.17) is 11.6 Å². The van der Waals surface area contributed by atoms with Crippen LogP contribution in [-0.2, 0) is 6.54 Å². The van der Waals surface area contributed by atoms with Gasteiger partial charge in [-0.3, -0.25) is 0 Å². The van der Waals surface area contributed by atoms with E-state index in [0.29, 0.717) is 23.2 Å². The molecule has 0 saturated heterocycles. The van der Waals surface area contributed by atoms with Gasteiger partial charge in [0.25, 0.3) is 0 Å². The first-order valence-electron chi connectivity index (χ1n) is 6.34. The Morgan fingerprint density at radius 3 is 2.76 bits per heavy atom. The van der Waals surface area contributed by atoms with Gasteiger partial charge in [-0.05, 0) is 37.8 Å². The zero-order valence-electron chi connectivity index (χ0n) is 10.2. The van der Waals surface area contributed by atoms with Crippen LogP contribution in [0.25, 0.3) is 0 Å². The summed E-state index contributed by atoms with van der Waals surface area (Å²) < 4.78 is 13.6. The molecule has 0 aliphatic heterocycles. The summed E-state index contributed by atoms with van der Waals surface area (Å²) >= 11 is 5.99.